The van der Waals surface area contributed by atoms with Crippen molar-refractivity contribution in [2.45, 2.75) is 27.2 Å². The lowest BCUT2D eigenvalue weighted by molar-refractivity contribution is -0.124. The maximum Gasteiger partial charge on any atom is 0.231 e. The highest BCUT2D eigenvalue weighted by atomic mass is 16.5. The Labute approximate surface area is 101 Å². The lowest BCUT2D eigenvalue weighted by Crippen LogP contribution is -2.15. The van der Waals surface area contributed by atoms with E-state index in [1.165, 1.54) is 6.92 Å². The Kier molecular flexibility index (Phi) is 4.26. The molecular weight excluding hydrogens is 218 g/mol. The molecule has 1 aromatic rings. The number of carbonyl (C=O) groups is 2. The van der Waals surface area contributed by atoms with Crippen LogP contribution in [-0.4, -0.2) is 18.8 Å². The summed E-state index contributed by atoms with van der Waals surface area (Å²) in [4.78, 5) is 22.4. The van der Waals surface area contributed by atoms with Crippen LogP contribution >= 0.6 is 0 Å². The number of nitrogens with one attached hydrogen (secondary N) is 1. The monoisotopic (exact) mass is 235 g/mol. The van der Waals surface area contributed by atoms with Crippen LogP contribution in [0.25, 0.3) is 0 Å². The Morgan fingerprint density at radius 3 is 2.47 bits per heavy atom. The van der Waals surface area contributed by atoms with Crippen LogP contribution in [0, 0.1) is 13.8 Å². The standard InChI is InChI=1S/C13H17NO3/c1-8-5-9(2)13(17-4)11(6-8)14-12(16)7-10(3)15/h5-6H,7H2,1-4H3,(H,14,16). The van der Waals surface area contributed by atoms with E-state index in [2.05, 4.69) is 5.32 Å². The molecule has 4 nitrogen and oxygen atoms in total. The number of benzene rings is 1. The largest absolute Gasteiger partial charge is 0.494 e. The van der Waals surface area contributed by atoms with E-state index in [0.29, 0.717) is 11.4 Å². The van der Waals surface area contributed by atoms with E-state index in [1.54, 1.807) is 7.11 Å². The molecule has 92 valence electrons. The van der Waals surface area contributed by atoms with Gasteiger partial charge in [0.05, 0.1) is 19.2 Å². The first-order chi connectivity index (χ1) is 7.93. The van der Waals surface area contributed by atoms with Gasteiger partial charge in [-0.25, -0.2) is 0 Å². The number of carbonyl (C=O) groups excluding carboxylic acids is 2. The second-order valence-corrected chi connectivity index (χ2v) is 4.09. The van der Waals surface area contributed by atoms with E-state index < -0.39 is 0 Å². The zero-order valence-electron chi connectivity index (χ0n) is 10.6. The number of ether oxygens (including phenoxy) is 1. The van der Waals surface area contributed by atoms with Crippen molar-refractivity contribution in [3.63, 3.8) is 0 Å². The number of hydrogen-bond acceptors (Lipinski definition) is 3. The molecule has 0 aliphatic carbocycles. The topological polar surface area (TPSA) is 55.4 Å². The highest BCUT2D eigenvalue weighted by molar-refractivity contribution is 6.04. The van der Waals surface area contributed by atoms with Crippen LogP contribution < -0.4 is 10.1 Å². The van der Waals surface area contributed by atoms with Gasteiger partial charge in [0.1, 0.15) is 11.5 Å². The fourth-order valence-corrected chi connectivity index (χ4v) is 1.74. The molecule has 0 aliphatic heterocycles. The second-order valence-electron chi connectivity index (χ2n) is 4.09. The molecule has 0 heterocycles. The number of rotatable bonds is 4. The van der Waals surface area contributed by atoms with Crippen molar-refractivity contribution in [1.82, 2.24) is 0 Å². The molecule has 0 saturated carbocycles. The van der Waals surface area contributed by atoms with Crippen LogP contribution in [0.3, 0.4) is 0 Å². The molecule has 0 unspecified atom stereocenters. The van der Waals surface area contributed by atoms with E-state index in [9.17, 15) is 9.59 Å². The molecular formula is C13H17NO3. The van der Waals surface area contributed by atoms with E-state index in [1.807, 2.05) is 26.0 Å². The van der Waals surface area contributed by atoms with Crippen LogP contribution in [0.2, 0.25) is 0 Å². The summed E-state index contributed by atoms with van der Waals surface area (Å²) in [5, 5.41) is 2.69. The lowest BCUT2D eigenvalue weighted by atomic mass is 10.1. The second kappa shape index (κ2) is 5.48. The summed E-state index contributed by atoms with van der Waals surface area (Å²) in [6, 6.07) is 3.79. The SMILES string of the molecule is COc1c(C)cc(C)cc1NC(=O)CC(C)=O. The molecule has 1 amide bonds. The molecule has 0 fully saturated rings. The van der Waals surface area contributed by atoms with Crippen molar-refractivity contribution in [2.24, 2.45) is 0 Å². The first-order valence-electron chi connectivity index (χ1n) is 5.38. The van der Waals surface area contributed by atoms with Crippen molar-refractivity contribution < 1.29 is 14.3 Å². The molecule has 0 saturated heterocycles. The van der Waals surface area contributed by atoms with Gasteiger partial charge in [0.2, 0.25) is 5.91 Å². The number of Topliss-reactive ketones (excluding diaryl/α,β-unsaturated/α-hetero) is 1. The van der Waals surface area contributed by atoms with Gasteiger partial charge in [-0.15, -0.1) is 0 Å². The molecule has 0 bridgehead atoms. The summed E-state index contributed by atoms with van der Waals surface area (Å²) in [7, 11) is 1.55. The Morgan fingerprint density at radius 1 is 1.29 bits per heavy atom. The third-order valence-electron chi connectivity index (χ3n) is 2.31. The molecule has 1 aromatic carbocycles. The van der Waals surface area contributed by atoms with Gasteiger partial charge in [0.15, 0.2) is 0 Å². The quantitative estimate of drug-likeness (QED) is 0.814. The number of amides is 1. The maximum atomic E-state index is 11.5. The number of aryl methyl sites for hydroxylation is 2. The fraction of sp³-hybridized carbons (Fsp3) is 0.385. The average molecular weight is 235 g/mol. The number of ketones is 1. The van der Waals surface area contributed by atoms with E-state index in [4.69, 9.17) is 4.74 Å². The highest BCUT2D eigenvalue weighted by Gasteiger charge is 2.11. The van der Waals surface area contributed by atoms with Gasteiger partial charge < -0.3 is 10.1 Å². The molecule has 1 rings (SSSR count). The van der Waals surface area contributed by atoms with Gasteiger partial charge in [-0.1, -0.05) is 6.07 Å². The number of methoxy groups -OCH3 is 1. The van der Waals surface area contributed by atoms with Gasteiger partial charge in [-0.05, 0) is 38.0 Å². The summed E-state index contributed by atoms with van der Waals surface area (Å²) in [5.74, 6) is 0.152. The minimum absolute atomic E-state index is 0.115. The van der Waals surface area contributed by atoms with Gasteiger partial charge >= 0.3 is 0 Å². The average Bonchev–Trinajstić information content (AvgIpc) is 2.15. The Balaban J connectivity index is 2.97. The van der Waals surface area contributed by atoms with E-state index >= 15 is 0 Å². The maximum absolute atomic E-state index is 11.5. The molecule has 1 N–H and O–H groups in total. The molecule has 0 atom stereocenters. The van der Waals surface area contributed by atoms with Gasteiger partial charge in [-0.3, -0.25) is 9.59 Å². The first kappa shape index (κ1) is 13.2. The minimum Gasteiger partial charge on any atom is -0.494 e. The summed E-state index contributed by atoms with van der Waals surface area (Å²) in [5.41, 5.74) is 2.59. The predicted octanol–water partition coefficient (Wildman–Crippen LogP) is 2.23. The number of anilines is 1. The van der Waals surface area contributed by atoms with Crippen LogP contribution in [-0.2, 0) is 9.59 Å². The lowest BCUT2D eigenvalue weighted by Gasteiger charge is -2.13. The Morgan fingerprint density at radius 2 is 1.94 bits per heavy atom. The van der Waals surface area contributed by atoms with Crippen LogP contribution in [0.5, 0.6) is 5.75 Å². The van der Waals surface area contributed by atoms with Gasteiger partial charge in [0, 0.05) is 0 Å². The summed E-state index contributed by atoms with van der Waals surface area (Å²) < 4.78 is 5.24. The molecule has 0 aromatic heterocycles. The third kappa shape index (κ3) is 3.59. The molecule has 0 spiro atoms. The van der Waals surface area contributed by atoms with Crippen molar-refractivity contribution in [2.75, 3.05) is 12.4 Å². The first-order valence-corrected chi connectivity index (χ1v) is 5.38. The number of hydrogen-bond donors (Lipinski definition) is 1. The van der Waals surface area contributed by atoms with Crippen molar-refractivity contribution in [3.05, 3.63) is 23.3 Å². The summed E-state index contributed by atoms with van der Waals surface area (Å²) >= 11 is 0. The van der Waals surface area contributed by atoms with Crippen molar-refractivity contribution >= 4 is 17.4 Å². The fourth-order valence-electron chi connectivity index (χ4n) is 1.74. The van der Waals surface area contributed by atoms with Gasteiger partial charge in [-0.2, -0.15) is 0 Å². The predicted molar refractivity (Wildman–Crippen MR) is 66.4 cm³/mol. The molecule has 0 radical (unpaired) electrons. The van der Waals surface area contributed by atoms with E-state index in [0.717, 1.165) is 11.1 Å². The molecule has 4 heteroatoms. The summed E-state index contributed by atoms with van der Waals surface area (Å²) in [6.07, 6.45) is -0.115. The smallest absolute Gasteiger partial charge is 0.231 e. The molecule has 0 aliphatic rings. The normalized spacial score (nSPS) is 9.88. The van der Waals surface area contributed by atoms with Gasteiger partial charge in [0.25, 0.3) is 0 Å². The minimum atomic E-state index is -0.319. The molecule has 17 heavy (non-hydrogen) atoms. The highest BCUT2D eigenvalue weighted by Crippen LogP contribution is 2.29. The van der Waals surface area contributed by atoms with Crippen LogP contribution in [0.1, 0.15) is 24.5 Å². The summed E-state index contributed by atoms with van der Waals surface area (Å²) in [6.45, 7) is 5.23. The third-order valence-corrected chi connectivity index (χ3v) is 2.31. The zero-order valence-corrected chi connectivity index (χ0v) is 10.6. The van der Waals surface area contributed by atoms with Crippen molar-refractivity contribution in [3.8, 4) is 5.75 Å². The van der Waals surface area contributed by atoms with Crippen LogP contribution in [0.15, 0.2) is 12.1 Å². The Hall–Kier alpha value is -1.84. The zero-order chi connectivity index (χ0) is 13.0. The Bertz CT molecular complexity index is 452. The van der Waals surface area contributed by atoms with E-state index in [-0.39, 0.29) is 18.1 Å². The van der Waals surface area contributed by atoms with Crippen molar-refractivity contribution in [1.29, 1.82) is 0 Å². The van der Waals surface area contributed by atoms with Crippen LogP contribution in [0.4, 0.5) is 5.69 Å².